The van der Waals surface area contributed by atoms with E-state index in [0.29, 0.717) is 28.4 Å². The van der Waals surface area contributed by atoms with E-state index in [1.54, 1.807) is 37.3 Å². The lowest BCUT2D eigenvalue weighted by Crippen LogP contribution is -2.15. The molecule has 0 fully saturated rings. The summed E-state index contributed by atoms with van der Waals surface area (Å²) in [6, 6.07) is 5.35. The summed E-state index contributed by atoms with van der Waals surface area (Å²) in [5, 5.41) is 3.99. The van der Waals surface area contributed by atoms with Crippen molar-refractivity contribution < 1.29 is 23.6 Å². The molecule has 3 aromatic rings. The van der Waals surface area contributed by atoms with E-state index in [1.165, 1.54) is 0 Å². The molecule has 0 saturated carbocycles. The summed E-state index contributed by atoms with van der Waals surface area (Å²) < 4.78 is 12.0. The lowest BCUT2D eigenvalue weighted by atomic mass is 10.1. The minimum Gasteiger partial charge on any atom is -0.457 e. The molecule has 0 aliphatic rings. The maximum absolute atomic E-state index is 12.6. The summed E-state index contributed by atoms with van der Waals surface area (Å²) in [6.07, 6.45) is 0.00173. The zero-order valence-corrected chi connectivity index (χ0v) is 18.5. The Morgan fingerprint density at radius 1 is 1.00 bits per heavy atom. The Morgan fingerprint density at radius 2 is 1.73 bits per heavy atom. The quantitative estimate of drug-likeness (QED) is 0.389. The first kappa shape index (κ1) is 21.7. The Labute approximate surface area is 178 Å². The SMILES string of the molecule is Cc1cc(-n2c(C)cc(C(=O)COC(=O)CCC(=O)c3cc(C)sc3C)c2C)no1. The Hall–Kier alpha value is -3.00. The van der Waals surface area contributed by atoms with Crippen LogP contribution in [-0.4, -0.2) is 33.9 Å². The molecule has 0 aliphatic heterocycles. The standard InChI is InChI=1S/C22H24N2O5S/c1-12-8-17(15(4)24(12)21-9-13(2)29-23-21)20(26)11-28-22(27)7-6-19(25)18-10-14(3)30-16(18)5/h8-10H,6-7,11H2,1-5H3. The van der Waals surface area contributed by atoms with E-state index >= 15 is 0 Å². The second-order valence-electron chi connectivity index (χ2n) is 7.25. The third-order valence-electron chi connectivity index (χ3n) is 4.84. The number of nitrogens with zero attached hydrogens (tertiary/aromatic N) is 2. The van der Waals surface area contributed by atoms with Gasteiger partial charge < -0.3 is 9.26 Å². The Kier molecular flexibility index (Phi) is 6.36. The average molecular weight is 429 g/mol. The number of ketones is 2. The summed E-state index contributed by atoms with van der Waals surface area (Å²) in [5.74, 6) is 0.296. The summed E-state index contributed by atoms with van der Waals surface area (Å²) in [5.41, 5.74) is 2.63. The maximum atomic E-state index is 12.6. The number of thiophene rings is 1. The van der Waals surface area contributed by atoms with Gasteiger partial charge in [-0.3, -0.25) is 19.0 Å². The Bertz CT molecular complexity index is 1120. The molecule has 3 heterocycles. The molecule has 0 amide bonds. The highest BCUT2D eigenvalue weighted by Crippen LogP contribution is 2.23. The van der Waals surface area contributed by atoms with E-state index in [1.807, 2.05) is 31.4 Å². The van der Waals surface area contributed by atoms with Crippen LogP contribution in [0, 0.1) is 34.6 Å². The van der Waals surface area contributed by atoms with Crippen LogP contribution in [-0.2, 0) is 9.53 Å². The topological polar surface area (TPSA) is 91.4 Å². The number of rotatable bonds is 8. The molecule has 0 bridgehead atoms. The number of hydrogen-bond acceptors (Lipinski definition) is 7. The fourth-order valence-corrected chi connectivity index (χ4v) is 4.35. The molecular formula is C22H24N2O5S. The molecule has 158 valence electrons. The van der Waals surface area contributed by atoms with Crippen molar-refractivity contribution >= 4 is 28.9 Å². The molecule has 0 unspecified atom stereocenters. The average Bonchev–Trinajstić information content (AvgIpc) is 3.34. The highest BCUT2D eigenvalue weighted by atomic mass is 32.1. The molecule has 0 N–H and O–H groups in total. The molecule has 30 heavy (non-hydrogen) atoms. The Morgan fingerprint density at radius 3 is 2.33 bits per heavy atom. The maximum Gasteiger partial charge on any atom is 0.306 e. The van der Waals surface area contributed by atoms with Crippen molar-refractivity contribution in [1.82, 2.24) is 9.72 Å². The number of aromatic nitrogens is 2. The first-order valence-corrected chi connectivity index (χ1v) is 10.4. The fraction of sp³-hybridized carbons (Fsp3) is 0.364. The van der Waals surface area contributed by atoms with Gasteiger partial charge in [0.05, 0.1) is 6.42 Å². The van der Waals surface area contributed by atoms with Gasteiger partial charge in [0.1, 0.15) is 5.76 Å². The van der Waals surface area contributed by atoms with Crippen molar-refractivity contribution in [2.75, 3.05) is 6.61 Å². The van der Waals surface area contributed by atoms with Gasteiger partial charge in [-0.1, -0.05) is 5.16 Å². The van der Waals surface area contributed by atoms with Gasteiger partial charge in [0.2, 0.25) is 5.78 Å². The number of carbonyl (C=O) groups excluding carboxylic acids is 3. The minimum atomic E-state index is -0.567. The van der Waals surface area contributed by atoms with Gasteiger partial charge in [-0.25, -0.2) is 0 Å². The Balaban J connectivity index is 1.57. The van der Waals surface area contributed by atoms with Gasteiger partial charge in [-0.15, -0.1) is 11.3 Å². The number of esters is 1. The van der Waals surface area contributed by atoms with Crippen LogP contribution >= 0.6 is 11.3 Å². The van der Waals surface area contributed by atoms with Gasteiger partial charge in [0.15, 0.2) is 18.2 Å². The smallest absolute Gasteiger partial charge is 0.306 e. The van der Waals surface area contributed by atoms with Crippen LogP contribution in [0.5, 0.6) is 0 Å². The van der Waals surface area contributed by atoms with Gasteiger partial charge in [0, 0.05) is 44.8 Å². The fourth-order valence-electron chi connectivity index (χ4n) is 3.41. The molecule has 0 aromatic carbocycles. The van der Waals surface area contributed by atoms with E-state index < -0.39 is 5.97 Å². The van der Waals surface area contributed by atoms with Crippen molar-refractivity contribution in [2.45, 2.75) is 47.5 Å². The highest BCUT2D eigenvalue weighted by Gasteiger charge is 2.20. The minimum absolute atomic E-state index is 0.0579. The molecule has 0 radical (unpaired) electrons. The molecule has 0 saturated heterocycles. The van der Waals surface area contributed by atoms with Crippen molar-refractivity contribution in [3.63, 3.8) is 0 Å². The summed E-state index contributed by atoms with van der Waals surface area (Å²) in [4.78, 5) is 38.9. The second kappa shape index (κ2) is 8.79. The predicted octanol–water partition coefficient (Wildman–Crippen LogP) is 4.46. The van der Waals surface area contributed by atoms with Crippen molar-refractivity contribution in [1.29, 1.82) is 0 Å². The lowest BCUT2D eigenvalue weighted by Gasteiger charge is -2.06. The monoisotopic (exact) mass is 428 g/mol. The highest BCUT2D eigenvalue weighted by molar-refractivity contribution is 7.12. The van der Waals surface area contributed by atoms with Crippen LogP contribution < -0.4 is 0 Å². The van der Waals surface area contributed by atoms with Crippen LogP contribution in [0.25, 0.3) is 5.82 Å². The first-order chi connectivity index (χ1) is 14.2. The molecule has 0 atom stereocenters. The lowest BCUT2D eigenvalue weighted by molar-refractivity contribution is -0.142. The zero-order valence-electron chi connectivity index (χ0n) is 17.7. The van der Waals surface area contributed by atoms with Crippen molar-refractivity contribution in [2.24, 2.45) is 0 Å². The van der Waals surface area contributed by atoms with Crippen LogP contribution in [0.2, 0.25) is 0 Å². The van der Waals surface area contributed by atoms with Gasteiger partial charge >= 0.3 is 5.97 Å². The van der Waals surface area contributed by atoms with E-state index in [-0.39, 0.29) is 31.0 Å². The van der Waals surface area contributed by atoms with E-state index in [4.69, 9.17) is 9.26 Å². The van der Waals surface area contributed by atoms with Crippen LogP contribution in [0.4, 0.5) is 0 Å². The molecule has 8 heteroatoms. The summed E-state index contributed by atoms with van der Waals surface area (Å²) >= 11 is 1.55. The number of ether oxygens (including phenoxy) is 1. The molecular weight excluding hydrogens is 404 g/mol. The first-order valence-electron chi connectivity index (χ1n) is 9.59. The third kappa shape index (κ3) is 4.59. The van der Waals surface area contributed by atoms with E-state index in [0.717, 1.165) is 15.4 Å². The van der Waals surface area contributed by atoms with Crippen molar-refractivity contribution in [3.8, 4) is 5.82 Å². The number of carbonyl (C=O) groups is 3. The zero-order chi connectivity index (χ0) is 22.0. The predicted molar refractivity (Wildman–Crippen MR) is 113 cm³/mol. The number of aryl methyl sites for hydroxylation is 4. The van der Waals surface area contributed by atoms with E-state index in [9.17, 15) is 14.4 Å². The number of hydrogen-bond donors (Lipinski definition) is 0. The van der Waals surface area contributed by atoms with Crippen LogP contribution in [0.15, 0.2) is 22.7 Å². The van der Waals surface area contributed by atoms with Gasteiger partial charge in [0.25, 0.3) is 0 Å². The molecule has 3 rings (SSSR count). The largest absolute Gasteiger partial charge is 0.457 e. The van der Waals surface area contributed by atoms with Crippen LogP contribution in [0.1, 0.15) is 60.5 Å². The van der Waals surface area contributed by atoms with E-state index in [2.05, 4.69) is 5.16 Å². The second-order valence-corrected chi connectivity index (χ2v) is 8.71. The van der Waals surface area contributed by atoms with Gasteiger partial charge in [-0.2, -0.15) is 0 Å². The summed E-state index contributed by atoms with van der Waals surface area (Å²) in [7, 11) is 0. The normalized spacial score (nSPS) is 11.0. The molecule has 3 aromatic heterocycles. The third-order valence-corrected chi connectivity index (χ3v) is 5.80. The van der Waals surface area contributed by atoms with Crippen LogP contribution in [0.3, 0.4) is 0 Å². The van der Waals surface area contributed by atoms with Crippen molar-refractivity contribution in [3.05, 3.63) is 56.2 Å². The number of Topliss-reactive ketones (excluding diaryl/α,β-unsaturated/α-hetero) is 2. The molecule has 7 nitrogen and oxygen atoms in total. The molecule has 0 spiro atoms. The summed E-state index contributed by atoms with van der Waals surface area (Å²) in [6.45, 7) is 8.91. The molecule has 0 aliphatic carbocycles. The van der Waals surface area contributed by atoms with Gasteiger partial charge in [-0.05, 0) is 46.8 Å².